The Hall–Kier alpha value is -2.49. The predicted octanol–water partition coefficient (Wildman–Crippen LogP) is 1.84. The Balaban J connectivity index is 1.97. The molecular weight excluding hydrogens is 332 g/mol. The van der Waals surface area contributed by atoms with E-state index in [1.165, 1.54) is 6.92 Å². The summed E-state index contributed by atoms with van der Waals surface area (Å²) < 4.78 is 32.0. The van der Waals surface area contributed by atoms with Crippen molar-refractivity contribution in [3.63, 3.8) is 0 Å². The highest BCUT2D eigenvalue weighted by Crippen LogP contribution is 2.21. The lowest BCUT2D eigenvalue weighted by Crippen LogP contribution is -2.25. The van der Waals surface area contributed by atoms with Crippen LogP contribution in [0.1, 0.15) is 23.2 Å². The molecule has 1 aromatic carbocycles. The molecule has 0 aliphatic carbocycles. The van der Waals surface area contributed by atoms with Crippen LogP contribution in [0.2, 0.25) is 0 Å². The van der Waals surface area contributed by atoms with Gasteiger partial charge >= 0.3 is 5.97 Å². The van der Waals surface area contributed by atoms with Crippen LogP contribution in [-0.2, 0) is 11.3 Å². The number of rotatable bonds is 6. The summed E-state index contributed by atoms with van der Waals surface area (Å²) in [7, 11) is 0. The first-order chi connectivity index (χ1) is 10.9. The van der Waals surface area contributed by atoms with Gasteiger partial charge in [0, 0.05) is 0 Å². The Morgan fingerprint density at radius 3 is 2.61 bits per heavy atom. The molecule has 0 aliphatic rings. The van der Waals surface area contributed by atoms with Crippen molar-refractivity contribution in [3.05, 3.63) is 41.3 Å². The monoisotopic (exact) mass is 343 g/mol. The number of benzene rings is 1. The maximum atomic E-state index is 13.4. The molecule has 0 saturated heterocycles. The molecule has 1 atom stereocenters. The van der Waals surface area contributed by atoms with Gasteiger partial charge in [-0.15, -0.1) is 10.2 Å². The maximum Gasteiger partial charge on any atom is 0.316 e. The highest BCUT2D eigenvalue weighted by Gasteiger charge is 2.19. The van der Waals surface area contributed by atoms with E-state index in [-0.39, 0.29) is 17.7 Å². The lowest BCUT2D eigenvalue weighted by molar-refractivity contribution is -0.136. The third-order valence-electron chi connectivity index (χ3n) is 2.66. The van der Waals surface area contributed by atoms with Crippen LogP contribution in [0.25, 0.3) is 0 Å². The molecule has 1 heterocycles. The van der Waals surface area contributed by atoms with Gasteiger partial charge in [-0.05, 0) is 19.1 Å². The number of aliphatic carboxylic acids is 1. The Kier molecular flexibility index (Phi) is 5.27. The second kappa shape index (κ2) is 7.18. The third-order valence-corrected chi connectivity index (χ3v) is 3.59. The first-order valence-electron chi connectivity index (χ1n) is 6.32. The molecule has 0 unspecified atom stereocenters. The number of carbonyl (C=O) groups excluding carboxylic acids is 1. The predicted molar refractivity (Wildman–Crippen MR) is 74.8 cm³/mol. The summed E-state index contributed by atoms with van der Waals surface area (Å²) in [5, 5.41) is 17.5. The number of aromatic nitrogens is 2. The molecule has 2 aromatic rings. The van der Waals surface area contributed by atoms with E-state index in [9.17, 15) is 18.4 Å². The zero-order chi connectivity index (χ0) is 17.0. The molecule has 0 aliphatic heterocycles. The molecule has 2 rings (SSSR count). The first kappa shape index (κ1) is 16.9. The number of nitrogens with one attached hydrogen (secondary N) is 1. The molecule has 0 saturated carbocycles. The van der Waals surface area contributed by atoms with Gasteiger partial charge in [-0.1, -0.05) is 17.8 Å². The number of carbonyl (C=O) groups is 2. The minimum absolute atomic E-state index is 0.0150. The maximum absolute atomic E-state index is 13.4. The van der Waals surface area contributed by atoms with E-state index in [1.54, 1.807) is 0 Å². The van der Waals surface area contributed by atoms with Gasteiger partial charge in [0.25, 0.3) is 11.1 Å². The lowest BCUT2D eigenvalue weighted by atomic mass is 10.2. The van der Waals surface area contributed by atoms with Gasteiger partial charge in [0.2, 0.25) is 5.89 Å². The Morgan fingerprint density at radius 1 is 1.35 bits per heavy atom. The average Bonchev–Trinajstić information content (AvgIpc) is 2.92. The normalized spacial score (nSPS) is 12.0. The molecule has 122 valence electrons. The molecule has 7 nitrogen and oxygen atoms in total. The number of amides is 1. The standard InChI is InChI=1S/C13H11F2N3O4S/c1-6(12(20)21)23-13-18-17-9(22-13)5-16-11(19)10-7(14)3-2-4-8(10)15/h2-4,6H,5H2,1H3,(H,16,19)(H,20,21)/t6-/m0/s1. The number of hydrogen-bond donors (Lipinski definition) is 2. The summed E-state index contributed by atoms with van der Waals surface area (Å²) in [5.41, 5.74) is -0.707. The minimum Gasteiger partial charge on any atom is -0.480 e. The number of carboxylic acid groups (broad SMARTS) is 1. The van der Waals surface area contributed by atoms with Crippen molar-refractivity contribution < 1.29 is 27.9 Å². The molecular formula is C13H11F2N3O4S. The Bertz CT molecular complexity index is 718. The SMILES string of the molecule is C[C@H](Sc1nnc(CNC(=O)c2c(F)cccc2F)o1)C(=O)O. The third kappa shape index (κ3) is 4.25. The van der Waals surface area contributed by atoms with Crippen LogP contribution >= 0.6 is 11.8 Å². The van der Waals surface area contributed by atoms with Crippen molar-refractivity contribution in [3.8, 4) is 0 Å². The van der Waals surface area contributed by atoms with Gasteiger partial charge in [-0.25, -0.2) is 8.78 Å². The minimum atomic E-state index is -1.04. The summed E-state index contributed by atoms with van der Waals surface area (Å²) in [6.07, 6.45) is 0. The van der Waals surface area contributed by atoms with E-state index in [4.69, 9.17) is 9.52 Å². The Labute approximate surface area is 133 Å². The largest absolute Gasteiger partial charge is 0.480 e. The number of hydrogen-bond acceptors (Lipinski definition) is 6. The fourth-order valence-electron chi connectivity index (χ4n) is 1.52. The van der Waals surface area contributed by atoms with Gasteiger partial charge in [0.15, 0.2) is 0 Å². The summed E-state index contributed by atoms with van der Waals surface area (Å²) >= 11 is 0.836. The van der Waals surface area contributed by atoms with Crippen molar-refractivity contribution in [1.82, 2.24) is 15.5 Å². The molecule has 0 bridgehead atoms. The van der Waals surface area contributed by atoms with Crippen molar-refractivity contribution in [2.45, 2.75) is 23.9 Å². The van der Waals surface area contributed by atoms with Crippen molar-refractivity contribution in [2.24, 2.45) is 0 Å². The number of carboxylic acids is 1. The molecule has 1 amide bonds. The molecule has 0 fully saturated rings. The van der Waals surface area contributed by atoms with E-state index >= 15 is 0 Å². The fraction of sp³-hybridized carbons (Fsp3) is 0.231. The van der Waals surface area contributed by atoms with Crippen LogP contribution in [0.4, 0.5) is 8.78 Å². The molecule has 2 N–H and O–H groups in total. The topological polar surface area (TPSA) is 105 Å². The smallest absolute Gasteiger partial charge is 0.316 e. The van der Waals surface area contributed by atoms with Crippen molar-refractivity contribution >= 4 is 23.6 Å². The summed E-state index contributed by atoms with van der Waals surface area (Å²) in [6.45, 7) is 1.20. The van der Waals surface area contributed by atoms with E-state index in [1.807, 2.05) is 0 Å². The fourth-order valence-corrected chi connectivity index (χ4v) is 2.15. The van der Waals surface area contributed by atoms with Gasteiger partial charge in [0.1, 0.15) is 22.4 Å². The molecule has 10 heteroatoms. The van der Waals surface area contributed by atoms with Gasteiger partial charge < -0.3 is 14.8 Å². The van der Waals surface area contributed by atoms with E-state index in [2.05, 4.69) is 15.5 Å². The van der Waals surface area contributed by atoms with Gasteiger partial charge in [0.05, 0.1) is 6.54 Å². The van der Waals surface area contributed by atoms with Crippen molar-refractivity contribution in [2.75, 3.05) is 0 Å². The second-order valence-corrected chi connectivity index (χ2v) is 5.63. The van der Waals surface area contributed by atoms with Crippen LogP contribution in [-0.4, -0.2) is 32.4 Å². The molecule has 23 heavy (non-hydrogen) atoms. The van der Waals surface area contributed by atoms with E-state index in [0.717, 1.165) is 30.0 Å². The number of nitrogens with zero attached hydrogens (tertiary/aromatic N) is 2. The van der Waals surface area contributed by atoms with Crippen molar-refractivity contribution in [1.29, 1.82) is 0 Å². The highest BCUT2D eigenvalue weighted by atomic mass is 32.2. The summed E-state index contributed by atoms with van der Waals surface area (Å²) in [4.78, 5) is 22.5. The van der Waals surface area contributed by atoms with Crippen LogP contribution in [0.15, 0.2) is 27.8 Å². The van der Waals surface area contributed by atoms with E-state index < -0.39 is 34.3 Å². The lowest BCUT2D eigenvalue weighted by Gasteiger charge is -2.04. The second-order valence-electron chi connectivity index (χ2n) is 4.34. The first-order valence-corrected chi connectivity index (χ1v) is 7.20. The Morgan fingerprint density at radius 2 is 2.00 bits per heavy atom. The zero-order valence-electron chi connectivity index (χ0n) is 11.7. The summed E-state index contributed by atoms with van der Waals surface area (Å²) in [6, 6.07) is 3.08. The van der Waals surface area contributed by atoms with Crippen LogP contribution in [0.3, 0.4) is 0 Å². The molecule has 0 spiro atoms. The van der Waals surface area contributed by atoms with Crippen LogP contribution in [0.5, 0.6) is 0 Å². The summed E-state index contributed by atoms with van der Waals surface area (Å²) in [5.74, 6) is -4.00. The quantitative estimate of drug-likeness (QED) is 0.771. The van der Waals surface area contributed by atoms with Gasteiger partial charge in [-0.2, -0.15) is 0 Å². The average molecular weight is 343 g/mol. The van der Waals surface area contributed by atoms with Crippen LogP contribution in [0, 0.1) is 11.6 Å². The van der Waals surface area contributed by atoms with Gasteiger partial charge in [-0.3, -0.25) is 9.59 Å². The number of thioether (sulfide) groups is 1. The molecule has 0 radical (unpaired) electrons. The van der Waals surface area contributed by atoms with E-state index in [0.29, 0.717) is 0 Å². The number of halogens is 2. The van der Waals surface area contributed by atoms with Crippen LogP contribution < -0.4 is 5.32 Å². The molecule has 1 aromatic heterocycles. The highest BCUT2D eigenvalue weighted by molar-refractivity contribution is 8.00. The zero-order valence-corrected chi connectivity index (χ0v) is 12.6.